The predicted molar refractivity (Wildman–Crippen MR) is 137 cm³/mol. The van der Waals surface area contributed by atoms with Crippen molar-refractivity contribution in [1.29, 1.82) is 0 Å². The monoisotopic (exact) mass is 530 g/mol. The summed E-state index contributed by atoms with van der Waals surface area (Å²) >= 11 is 12.2. The topological polar surface area (TPSA) is 73.4 Å². The molecule has 0 unspecified atom stereocenters. The SMILES string of the molecule is O=C(CN1CN(c2ccccc2)C2(CCN(C(=O)c3cc(Cl)cc(Cl)c3)CC2)C1=O)N1CCOCC1. The lowest BCUT2D eigenvalue weighted by atomic mass is 9.85. The van der Waals surface area contributed by atoms with Crippen LogP contribution < -0.4 is 4.90 Å². The Labute approximate surface area is 220 Å². The summed E-state index contributed by atoms with van der Waals surface area (Å²) in [6, 6.07) is 14.6. The molecular formula is C26H28Cl2N4O4. The molecule has 0 radical (unpaired) electrons. The van der Waals surface area contributed by atoms with Crippen molar-refractivity contribution in [2.24, 2.45) is 0 Å². The first-order valence-corrected chi connectivity index (χ1v) is 12.9. The molecule has 3 heterocycles. The van der Waals surface area contributed by atoms with Gasteiger partial charge in [0.2, 0.25) is 5.91 Å². The first-order chi connectivity index (χ1) is 17.4. The number of morpholine rings is 1. The molecule has 5 rings (SSSR count). The molecule has 1 spiro atoms. The molecule has 0 aromatic heterocycles. The van der Waals surface area contributed by atoms with Crippen LogP contribution in [0.5, 0.6) is 0 Å². The molecule has 0 atom stereocenters. The van der Waals surface area contributed by atoms with Crippen LogP contribution in [0.2, 0.25) is 10.0 Å². The number of anilines is 1. The van der Waals surface area contributed by atoms with Gasteiger partial charge in [-0.25, -0.2) is 0 Å². The number of rotatable bonds is 4. The van der Waals surface area contributed by atoms with Crippen molar-refractivity contribution in [2.75, 3.05) is 57.5 Å². The third-order valence-electron chi connectivity index (χ3n) is 7.26. The van der Waals surface area contributed by atoms with Crippen molar-refractivity contribution in [3.05, 3.63) is 64.1 Å². The number of hydrogen-bond donors (Lipinski definition) is 0. The Bertz CT molecular complexity index is 1130. The average molecular weight is 531 g/mol. The summed E-state index contributed by atoms with van der Waals surface area (Å²) in [6.45, 7) is 3.29. The predicted octanol–water partition coefficient (Wildman–Crippen LogP) is 3.13. The van der Waals surface area contributed by atoms with Crippen LogP contribution in [0.25, 0.3) is 0 Å². The quantitative estimate of drug-likeness (QED) is 0.607. The summed E-state index contributed by atoms with van der Waals surface area (Å²) < 4.78 is 5.35. The van der Waals surface area contributed by atoms with Crippen LogP contribution >= 0.6 is 23.2 Å². The summed E-state index contributed by atoms with van der Waals surface area (Å²) in [4.78, 5) is 47.2. The van der Waals surface area contributed by atoms with E-state index in [1.807, 2.05) is 30.3 Å². The average Bonchev–Trinajstić information content (AvgIpc) is 3.15. The van der Waals surface area contributed by atoms with E-state index in [2.05, 4.69) is 4.90 Å². The Morgan fingerprint density at radius 2 is 1.53 bits per heavy atom. The maximum Gasteiger partial charge on any atom is 0.253 e. The number of likely N-dealkylation sites (tertiary alicyclic amines) is 1. The van der Waals surface area contributed by atoms with Crippen LogP contribution in [0.3, 0.4) is 0 Å². The van der Waals surface area contributed by atoms with E-state index < -0.39 is 5.54 Å². The van der Waals surface area contributed by atoms with Crippen molar-refractivity contribution in [1.82, 2.24) is 14.7 Å². The van der Waals surface area contributed by atoms with E-state index >= 15 is 0 Å². The van der Waals surface area contributed by atoms with Crippen LogP contribution in [0.4, 0.5) is 5.69 Å². The fraction of sp³-hybridized carbons (Fsp3) is 0.423. The maximum absolute atomic E-state index is 13.9. The van der Waals surface area contributed by atoms with Gasteiger partial charge in [-0.2, -0.15) is 0 Å². The second kappa shape index (κ2) is 10.3. The number of para-hydroxylation sites is 1. The molecule has 3 aliphatic rings. The zero-order valence-corrected chi connectivity index (χ0v) is 21.4. The van der Waals surface area contributed by atoms with E-state index in [0.29, 0.717) is 74.5 Å². The molecule has 0 bridgehead atoms. The van der Waals surface area contributed by atoms with Crippen LogP contribution in [0.15, 0.2) is 48.5 Å². The second-order valence-corrected chi connectivity index (χ2v) is 10.3. The Kier molecular flexibility index (Phi) is 7.10. The van der Waals surface area contributed by atoms with E-state index in [-0.39, 0.29) is 24.3 Å². The number of nitrogens with zero attached hydrogens (tertiary/aromatic N) is 4. The molecule has 0 N–H and O–H groups in total. The van der Waals surface area contributed by atoms with Gasteiger partial charge >= 0.3 is 0 Å². The van der Waals surface area contributed by atoms with E-state index in [4.69, 9.17) is 27.9 Å². The number of carbonyl (C=O) groups is 3. The molecule has 0 saturated carbocycles. The summed E-state index contributed by atoms with van der Waals surface area (Å²) in [6.07, 6.45) is 0.923. The molecule has 190 valence electrons. The number of amides is 3. The third-order valence-corrected chi connectivity index (χ3v) is 7.70. The lowest BCUT2D eigenvalue weighted by molar-refractivity contribution is -0.143. The highest BCUT2D eigenvalue weighted by atomic mass is 35.5. The van der Waals surface area contributed by atoms with Crippen molar-refractivity contribution < 1.29 is 19.1 Å². The Morgan fingerprint density at radius 3 is 2.17 bits per heavy atom. The first kappa shape index (κ1) is 24.9. The normalized spacial score (nSPS) is 19.8. The molecule has 3 fully saturated rings. The summed E-state index contributed by atoms with van der Waals surface area (Å²) in [5.74, 6) is -0.293. The van der Waals surface area contributed by atoms with Crippen molar-refractivity contribution in [2.45, 2.75) is 18.4 Å². The highest BCUT2D eigenvalue weighted by Crippen LogP contribution is 2.40. The summed E-state index contributed by atoms with van der Waals surface area (Å²) in [5.41, 5.74) is 0.544. The second-order valence-electron chi connectivity index (χ2n) is 9.38. The van der Waals surface area contributed by atoms with Gasteiger partial charge in [-0.05, 0) is 43.2 Å². The summed E-state index contributed by atoms with van der Waals surface area (Å²) in [7, 11) is 0. The first-order valence-electron chi connectivity index (χ1n) is 12.1. The molecule has 2 aromatic rings. The number of hydrogen-bond acceptors (Lipinski definition) is 5. The lowest BCUT2D eigenvalue weighted by Gasteiger charge is -2.43. The van der Waals surface area contributed by atoms with Gasteiger partial charge in [0.25, 0.3) is 11.8 Å². The molecule has 3 amide bonds. The van der Waals surface area contributed by atoms with Gasteiger partial charge in [0.1, 0.15) is 12.1 Å². The minimum Gasteiger partial charge on any atom is -0.378 e. The standard InChI is InChI=1S/C26H28Cl2N4O4/c27-20-14-19(15-21(28)16-20)24(34)30-8-6-26(7-9-30)25(35)31(17-23(33)29-10-12-36-13-11-29)18-32(26)22-4-2-1-3-5-22/h1-5,14-16H,6-13,17-18H2. The molecule has 3 saturated heterocycles. The Balaban J connectivity index is 1.35. The maximum atomic E-state index is 13.9. The minimum absolute atomic E-state index is 0.0353. The highest BCUT2D eigenvalue weighted by Gasteiger charge is 2.54. The van der Waals surface area contributed by atoms with Gasteiger partial charge in [-0.15, -0.1) is 0 Å². The Hall–Kier alpha value is -2.81. The van der Waals surface area contributed by atoms with Gasteiger partial charge in [0.15, 0.2) is 0 Å². The zero-order valence-electron chi connectivity index (χ0n) is 19.9. The number of carbonyl (C=O) groups excluding carboxylic acids is 3. The van der Waals surface area contributed by atoms with Crippen LogP contribution in [0, 0.1) is 0 Å². The van der Waals surface area contributed by atoms with E-state index in [1.165, 1.54) is 0 Å². The number of ether oxygens (including phenoxy) is 1. The lowest BCUT2D eigenvalue weighted by Crippen LogP contribution is -2.57. The molecule has 2 aromatic carbocycles. The Morgan fingerprint density at radius 1 is 0.889 bits per heavy atom. The molecule has 8 nitrogen and oxygen atoms in total. The van der Waals surface area contributed by atoms with Crippen molar-refractivity contribution in [3.63, 3.8) is 0 Å². The van der Waals surface area contributed by atoms with Gasteiger partial charge in [-0.1, -0.05) is 41.4 Å². The zero-order chi connectivity index (χ0) is 25.3. The molecular weight excluding hydrogens is 503 g/mol. The van der Waals surface area contributed by atoms with Crippen LogP contribution in [-0.4, -0.2) is 90.6 Å². The van der Waals surface area contributed by atoms with Gasteiger partial charge in [0.05, 0.1) is 19.9 Å². The fourth-order valence-corrected chi connectivity index (χ4v) is 5.86. The molecule has 3 aliphatic heterocycles. The smallest absolute Gasteiger partial charge is 0.253 e. The van der Waals surface area contributed by atoms with Gasteiger partial charge in [0, 0.05) is 47.5 Å². The fourth-order valence-electron chi connectivity index (χ4n) is 5.34. The highest BCUT2D eigenvalue weighted by molar-refractivity contribution is 6.35. The largest absolute Gasteiger partial charge is 0.378 e. The third kappa shape index (κ3) is 4.77. The van der Waals surface area contributed by atoms with Crippen molar-refractivity contribution in [3.8, 4) is 0 Å². The number of benzene rings is 2. The van der Waals surface area contributed by atoms with Gasteiger partial charge < -0.3 is 24.3 Å². The molecule has 36 heavy (non-hydrogen) atoms. The van der Waals surface area contributed by atoms with E-state index in [9.17, 15) is 14.4 Å². The summed E-state index contributed by atoms with van der Waals surface area (Å²) in [5, 5.41) is 0.808. The van der Waals surface area contributed by atoms with E-state index in [1.54, 1.807) is 32.9 Å². The molecule has 0 aliphatic carbocycles. The van der Waals surface area contributed by atoms with E-state index in [0.717, 1.165) is 5.69 Å². The van der Waals surface area contributed by atoms with Crippen molar-refractivity contribution >= 4 is 46.6 Å². The van der Waals surface area contributed by atoms with Crippen LogP contribution in [-0.2, 0) is 14.3 Å². The minimum atomic E-state index is -0.810. The number of halogens is 2. The van der Waals surface area contributed by atoms with Crippen LogP contribution in [0.1, 0.15) is 23.2 Å². The van der Waals surface area contributed by atoms with Gasteiger partial charge in [-0.3, -0.25) is 14.4 Å². The number of piperidine rings is 1. The molecule has 10 heteroatoms.